The van der Waals surface area contributed by atoms with Gasteiger partial charge in [-0.05, 0) is 38.3 Å². The lowest BCUT2D eigenvalue weighted by molar-refractivity contribution is 0.470. The fraction of sp³-hybridized carbons (Fsp3) is 1.00. The molecule has 2 aliphatic heterocycles. The molecule has 0 bridgehead atoms. The Labute approximate surface area is 88.8 Å². The quantitative estimate of drug-likeness (QED) is 0.738. The van der Waals surface area contributed by atoms with Gasteiger partial charge in [0.05, 0.1) is 16.2 Å². The van der Waals surface area contributed by atoms with Gasteiger partial charge in [-0.25, -0.2) is 8.51 Å². The van der Waals surface area contributed by atoms with Crippen LogP contribution in [-0.4, -0.2) is 39.9 Å². The highest BCUT2D eigenvalue weighted by Crippen LogP contribution is 2.21. The third-order valence-electron chi connectivity index (χ3n) is 3.21. The van der Waals surface area contributed by atoms with Gasteiger partial charge in [-0.2, -0.15) is 0 Å². The molecule has 2 unspecified atom stereocenters. The molecule has 2 fully saturated rings. The summed E-state index contributed by atoms with van der Waals surface area (Å²) >= 11 is 0. The van der Waals surface area contributed by atoms with Crippen molar-refractivity contribution in [1.82, 2.24) is 9.62 Å². The van der Waals surface area contributed by atoms with E-state index in [1.165, 1.54) is 6.42 Å². The van der Waals surface area contributed by atoms with E-state index in [-0.39, 0.29) is 0 Å². The first kappa shape index (κ1) is 10.6. The first-order chi connectivity index (χ1) is 6.77. The van der Waals surface area contributed by atoms with Gasteiger partial charge in [0.15, 0.2) is 0 Å². The number of nitrogens with one attached hydrogen (secondary N) is 1. The molecule has 0 saturated carbocycles. The Morgan fingerprint density at radius 1 is 1.29 bits per heavy atom. The van der Waals surface area contributed by atoms with Crippen LogP contribution >= 0.6 is 0 Å². The van der Waals surface area contributed by atoms with Gasteiger partial charge < -0.3 is 5.32 Å². The lowest BCUT2D eigenvalue weighted by atomic mass is 10.2. The van der Waals surface area contributed by atoms with Gasteiger partial charge in [-0.1, -0.05) is 6.92 Å². The summed E-state index contributed by atoms with van der Waals surface area (Å²) < 4.78 is 14.3. The summed E-state index contributed by atoms with van der Waals surface area (Å²) in [5, 5.41) is 3.73. The molecule has 2 heterocycles. The zero-order valence-corrected chi connectivity index (χ0v) is 9.68. The minimum atomic E-state index is -0.709. The Morgan fingerprint density at radius 3 is 2.57 bits per heavy atom. The molecule has 2 atom stereocenters. The van der Waals surface area contributed by atoms with Crippen molar-refractivity contribution in [2.24, 2.45) is 5.92 Å². The molecular formula is C10H20N2OS. The molecule has 1 N–H and O–H groups in total. The van der Waals surface area contributed by atoms with Crippen LogP contribution in [-0.2, 0) is 11.0 Å². The van der Waals surface area contributed by atoms with E-state index in [2.05, 4.69) is 16.5 Å². The highest BCUT2D eigenvalue weighted by Gasteiger charge is 2.29. The zero-order valence-electron chi connectivity index (χ0n) is 8.87. The second kappa shape index (κ2) is 4.73. The van der Waals surface area contributed by atoms with E-state index in [9.17, 15) is 4.21 Å². The van der Waals surface area contributed by atoms with Crippen molar-refractivity contribution in [3.63, 3.8) is 0 Å². The predicted octanol–water partition coefficient (Wildman–Crippen LogP) is 0.744. The lowest BCUT2D eigenvalue weighted by Gasteiger charge is -2.26. The summed E-state index contributed by atoms with van der Waals surface area (Å²) in [7, 11) is -0.709. The van der Waals surface area contributed by atoms with Gasteiger partial charge in [0.1, 0.15) is 0 Å². The van der Waals surface area contributed by atoms with Crippen LogP contribution < -0.4 is 5.32 Å². The van der Waals surface area contributed by atoms with E-state index >= 15 is 0 Å². The predicted molar refractivity (Wildman–Crippen MR) is 59.4 cm³/mol. The van der Waals surface area contributed by atoms with Crippen molar-refractivity contribution >= 4 is 11.0 Å². The number of hydrogen-bond donors (Lipinski definition) is 1. The molecule has 0 spiro atoms. The normalized spacial score (nSPS) is 33.4. The van der Waals surface area contributed by atoms with Crippen molar-refractivity contribution < 1.29 is 4.21 Å². The lowest BCUT2D eigenvalue weighted by Crippen LogP contribution is -2.39. The molecule has 82 valence electrons. The smallest absolute Gasteiger partial charge is 0.0975 e. The molecule has 0 aromatic carbocycles. The number of hydrogen-bond acceptors (Lipinski definition) is 2. The van der Waals surface area contributed by atoms with Crippen LogP contribution in [0.1, 0.15) is 26.2 Å². The van der Waals surface area contributed by atoms with E-state index in [1.807, 2.05) is 0 Å². The van der Waals surface area contributed by atoms with E-state index in [0.717, 1.165) is 44.9 Å². The fourth-order valence-electron chi connectivity index (χ4n) is 2.27. The van der Waals surface area contributed by atoms with Crippen molar-refractivity contribution in [2.45, 2.75) is 31.4 Å². The Hall–Kier alpha value is 0.0700. The van der Waals surface area contributed by atoms with E-state index in [0.29, 0.717) is 5.25 Å². The molecule has 0 aliphatic carbocycles. The zero-order chi connectivity index (χ0) is 9.97. The van der Waals surface area contributed by atoms with Gasteiger partial charge in [0, 0.05) is 13.1 Å². The summed E-state index contributed by atoms with van der Waals surface area (Å²) in [5.41, 5.74) is 0. The largest absolute Gasteiger partial charge is 0.317 e. The molecule has 4 heteroatoms. The van der Waals surface area contributed by atoms with Crippen molar-refractivity contribution in [2.75, 3.05) is 26.2 Å². The topological polar surface area (TPSA) is 32.3 Å². The van der Waals surface area contributed by atoms with Gasteiger partial charge in [-0.3, -0.25) is 0 Å². The molecule has 14 heavy (non-hydrogen) atoms. The number of nitrogens with zero attached hydrogens (tertiary/aromatic N) is 1. The molecule has 2 aliphatic rings. The average Bonchev–Trinajstić information content (AvgIpc) is 2.65. The highest BCUT2D eigenvalue weighted by atomic mass is 32.2. The Kier molecular flexibility index (Phi) is 3.57. The second-order valence-corrected chi connectivity index (χ2v) is 6.24. The molecule has 2 rings (SSSR count). The van der Waals surface area contributed by atoms with Crippen LogP contribution in [0.15, 0.2) is 0 Å². The molecule has 0 amide bonds. The molecule has 3 nitrogen and oxygen atoms in total. The van der Waals surface area contributed by atoms with Gasteiger partial charge in [-0.15, -0.1) is 0 Å². The summed E-state index contributed by atoms with van der Waals surface area (Å²) in [6.07, 6.45) is 3.38. The highest BCUT2D eigenvalue weighted by molar-refractivity contribution is 7.83. The summed E-state index contributed by atoms with van der Waals surface area (Å²) in [5.74, 6) is 0.737. The van der Waals surface area contributed by atoms with Gasteiger partial charge >= 0.3 is 0 Å². The number of piperidine rings is 1. The SMILES string of the molecule is CC1CCN(S(=O)C2CCNCC2)C1. The summed E-state index contributed by atoms with van der Waals surface area (Å²) in [6, 6.07) is 0. The van der Waals surface area contributed by atoms with Crippen molar-refractivity contribution in [1.29, 1.82) is 0 Å². The van der Waals surface area contributed by atoms with Crippen LogP contribution in [0.4, 0.5) is 0 Å². The average molecular weight is 216 g/mol. The molecular weight excluding hydrogens is 196 g/mol. The number of rotatable bonds is 2. The third-order valence-corrected chi connectivity index (χ3v) is 5.09. The van der Waals surface area contributed by atoms with E-state index in [4.69, 9.17) is 0 Å². The minimum Gasteiger partial charge on any atom is -0.317 e. The first-order valence-electron chi connectivity index (χ1n) is 5.63. The van der Waals surface area contributed by atoms with Gasteiger partial charge in [0.2, 0.25) is 0 Å². The standard InChI is InChI=1S/C10H20N2OS/c1-9-4-7-12(8-9)14(13)10-2-5-11-6-3-10/h9-11H,2-8H2,1H3. The van der Waals surface area contributed by atoms with Crippen LogP contribution in [0.3, 0.4) is 0 Å². The van der Waals surface area contributed by atoms with E-state index < -0.39 is 11.0 Å². The van der Waals surface area contributed by atoms with Gasteiger partial charge in [0.25, 0.3) is 0 Å². The molecule has 2 saturated heterocycles. The maximum atomic E-state index is 12.2. The van der Waals surface area contributed by atoms with Crippen LogP contribution in [0.2, 0.25) is 0 Å². The minimum absolute atomic E-state index is 0.418. The monoisotopic (exact) mass is 216 g/mol. The van der Waals surface area contributed by atoms with Crippen LogP contribution in [0.5, 0.6) is 0 Å². The first-order valence-corrected chi connectivity index (χ1v) is 6.80. The Morgan fingerprint density at radius 2 is 2.00 bits per heavy atom. The maximum absolute atomic E-state index is 12.2. The second-order valence-electron chi connectivity index (χ2n) is 4.51. The van der Waals surface area contributed by atoms with Crippen LogP contribution in [0, 0.1) is 5.92 Å². The van der Waals surface area contributed by atoms with Crippen LogP contribution in [0.25, 0.3) is 0 Å². The summed E-state index contributed by atoms with van der Waals surface area (Å²) in [4.78, 5) is 0. The molecule has 0 aromatic rings. The summed E-state index contributed by atoms with van der Waals surface area (Å²) in [6.45, 7) is 6.41. The Bertz CT molecular complexity index is 209. The third kappa shape index (κ3) is 2.35. The maximum Gasteiger partial charge on any atom is 0.0975 e. The van der Waals surface area contributed by atoms with Crippen molar-refractivity contribution in [3.8, 4) is 0 Å². The fourth-order valence-corrected chi connectivity index (χ4v) is 4.01. The molecule has 0 aromatic heterocycles. The molecule has 0 radical (unpaired) electrons. The van der Waals surface area contributed by atoms with E-state index in [1.54, 1.807) is 0 Å². The van der Waals surface area contributed by atoms with Crippen molar-refractivity contribution in [3.05, 3.63) is 0 Å². The Balaban J connectivity index is 1.87.